The Morgan fingerprint density at radius 3 is 2.67 bits per heavy atom. The fourth-order valence-electron chi connectivity index (χ4n) is 1.24. The van der Waals surface area contributed by atoms with E-state index >= 15 is 0 Å². The number of nitrogens with one attached hydrogen (secondary N) is 1. The molecule has 1 rings (SSSR count). The van der Waals surface area contributed by atoms with E-state index in [1.807, 2.05) is 26.8 Å². The molecule has 1 aliphatic heterocycles. The van der Waals surface area contributed by atoms with Gasteiger partial charge in [0.1, 0.15) is 0 Å². The minimum Gasteiger partial charge on any atom is -0.341 e. The highest BCUT2D eigenvalue weighted by Crippen LogP contribution is 2.21. The summed E-state index contributed by atoms with van der Waals surface area (Å²) in [6.07, 6.45) is 2.86. The third-order valence-electron chi connectivity index (χ3n) is 2.02. The van der Waals surface area contributed by atoms with Gasteiger partial charge < -0.3 is 5.32 Å². The van der Waals surface area contributed by atoms with Gasteiger partial charge in [-0.3, -0.25) is 0 Å². The summed E-state index contributed by atoms with van der Waals surface area (Å²) < 4.78 is 12.1. The lowest BCUT2D eigenvalue weighted by Gasteiger charge is -1.97. The third kappa shape index (κ3) is 1.40. The van der Waals surface area contributed by atoms with Crippen molar-refractivity contribution in [2.75, 3.05) is 0 Å². The number of hydrogen-bond donors (Lipinski definition) is 1. The maximum Gasteiger partial charge on any atom is 0.170 e. The van der Waals surface area contributed by atoms with Gasteiger partial charge in [0, 0.05) is 11.3 Å². The molecule has 0 fully saturated rings. The van der Waals surface area contributed by atoms with E-state index in [0.29, 0.717) is 5.84 Å². The van der Waals surface area contributed by atoms with Gasteiger partial charge in [-0.05, 0) is 25.8 Å². The Kier molecular flexibility index (Phi) is 2.63. The average molecular weight is 168 g/mol. The van der Waals surface area contributed by atoms with E-state index in [0.717, 1.165) is 23.3 Å². The molecule has 12 heavy (non-hydrogen) atoms. The van der Waals surface area contributed by atoms with E-state index in [-0.39, 0.29) is 0 Å². The lowest BCUT2D eigenvalue weighted by Crippen LogP contribution is -2.15. The fraction of sp³-hybridized carbons (Fsp3) is 0.444. The molecular weight excluding hydrogens is 155 g/mol. The Labute approximate surface area is 71.8 Å². The van der Waals surface area contributed by atoms with Gasteiger partial charge in [-0.2, -0.15) is 0 Å². The highest BCUT2D eigenvalue weighted by atomic mass is 19.2. The first kappa shape index (κ1) is 8.97. The lowest BCUT2D eigenvalue weighted by molar-refractivity contribution is 0.534. The maximum absolute atomic E-state index is 12.1. The van der Waals surface area contributed by atoms with Crippen LogP contribution in [-0.2, 0) is 0 Å². The molecule has 0 aromatic carbocycles. The van der Waals surface area contributed by atoms with Crippen LogP contribution in [0.2, 0.25) is 0 Å². The predicted molar refractivity (Wildman–Crippen MR) is 48.4 cm³/mol. The normalized spacial score (nSPS) is 24.0. The molecule has 0 bridgehead atoms. The highest BCUT2D eigenvalue weighted by molar-refractivity contribution is 6.05. The van der Waals surface area contributed by atoms with Gasteiger partial charge in [0.25, 0.3) is 0 Å². The quantitative estimate of drug-likeness (QED) is 0.639. The van der Waals surface area contributed by atoms with Crippen molar-refractivity contribution in [1.29, 1.82) is 0 Å². The Hall–Kier alpha value is -1.12. The topological polar surface area (TPSA) is 24.4 Å². The molecule has 0 saturated heterocycles. The highest BCUT2D eigenvalue weighted by Gasteiger charge is 2.18. The van der Waals surface area contributed by atoms with Crippen molar-refractivity contribution in [3.8, 4) is 0 Å². The molecule has 0 unspecified atom stereocenters. The second-order valence-electron chi connectivity index (χ2n) is 2.83. The zero-order valence-corrected chi connectivity index (χ0v) is 7.61. The molecule has 0 saturated carbocycles. The van der Waals surface area contributed by atoms with Gasteiger partial charge >= 0.3 is 0 Å². The summed E-state index contributed by atoms with van der Waals surface area (Å²) in [5, 5.41) is 5.56. The molecule has 1 heterocycles. The van der Waals surface area contributed by atoms with Crippen LogP contribution in [0.1, 0.15) is 27.2 Å². The van der Waals surface area contributed by atoms with Crippen LogP contribution in [0.4, 0.5) is 4.48 Å². The van der Waals surface area contributed by atoms with Crippen LogP contribution < -0.4 is 5.32 Å². The smallest absolute Gasteiger partial charge is 0.170 e. The standard InChI is InChI=1S/C9H13FN2/c1-4-5-8-6(2)7(3)11-9(8)12-10/h5H,4H2,1-3H3,(H,11,12)/b8-5-. The second kappa shape index (κ2) is 3.52. The minimum atomic E-state index is 0.340. The van der Waals surface area contributed by atoms with Crippen molar-refractivity contribution in [1.82, 2.24) is 5.32 Å². The first-order valence-electron chi connectivity index (χ1n) is 4.05. The molecule has 2 nitrogen and oxygen atoms in total. The van der Waals surface area contributed by atoms with Crippen molar-refractivity contribution >= 4 is 5.84 Å². The predicted octanol–water partition coefficient (Wildman–Crippen LogP) is 2.50. The summed E-state index contributed by atoms with van der Waals surface area (Å²) in [7, 11) is 0. The number of hydrogen-bond acceptors (Lipinski definition) is 1. The van der Waals surface area contributed by atoms with Gasteiger partial charge in [0.15, 0.2) is 5.84 Å². The van der Waals surface area contributed by atoms with Crippen molar-refractivity contribution < 1.29 is 4.48 Å². The number of nitrogens with zero attached hydrogens (tertiary/aromatic N) is 1. The molecule has 1 aliphatic rings. The molecular formula is C9H13FN2. The Bertz CT molecular complexity index is 274. The molecule has 0 amide bonds. The van der Waals surface area contributed by atoms with E-state index < -0.39 is 0 Å². The third-order valence-corrected chi connectivity index (χ3v) is 2.02. The summed E-state index contributed by atoms with van der Waals surface area (Å²) in [6, 6.07) is 0. The Morgan fingerprint density at radius 1 is 1.50 bits per heavy atom. The average Bonchev–Trinajstić information content (AvgIpc) is 2.33. The van der Waals surface area contributed by atoms with E-state index in [2.05, 4.69) is 10.5 Å². The van der Waals surface area contributed by atoms with E-state index in [4.69, 9.17) is 0 Å². The molecule has 3 heteroatoms. The number of halogens is 1. The summed E-state index contributed by atoms with van der Waals surface area (Å²) in [4.78, 5) is 0. The van der Waals surface area contributed by atoms with Gasteiger partial charge in [-0.15, -0.1) is 0 Å². The molecule has 0 aromatic heterocycles. The van der Waals surface area contributed by atoms with Crippen LogP contribution in [0.3, 0.4) is 0 Å². The van der Waals surface area contributed by atoms with E-state index in [1.54, 1.807) is 0 Å². The summed E-state index contributed by atoms with van der Waals surface area (Å²) in [6.45, 7) is 5.89. The van der Waals surface area contributed by atoms with Gasteiger partial charge in [-0.1, -0.05) is 22.7 Å². The lowest BCUT2D eigenvalue weighted by atomic mass is 10.1. The fourth-order valence-corrected chi connectivity index (χ4v) is 1.24. The van der Waals surface area contributed by atoms with Gasteiger partial charge in [0.05, 0.1) is 0 Å². The molecule has 0 aliphatic carbocycles. The maximum atomic E-state index is 12.1. The van der Waals surface area contributed by atoms with Crippen LogP contribution in [0.15, 0.2) is 28.1 Å². The van der Waals surface area contributed by atoms with Crippen molar-refractivity contribution in [3.63, 3.8) is 0 Å². The molecule has 0 spiro atoms. The summed E-state index contributed by atoms with van der Waals surface area (Å²) in [5.74, 6) is 0.340. The van der Waals surface area contributed by atoms with Gasteiger partial charge in [0.2, 0.25) is 0 Å². The largest absolute Gasteiger partial charge is 0.341 e. The zero-order chi connectivity index (χ0) is 9.14. The number of amidine groups is 1. The van der Waals surface area contributed by atoms with Gasteiger partial charge in [-0.25, -0.2) is 0 Å². The van der Waals surface area contributed by atoms with Crippen molar-refractivity contribution in [2.24, 2.45) is 5.21 Å². The zero-order valence-electron chi connectivity index (χ0n) is 7.61. The minimum absolute atomic E-state index is 0.340. The van der Waals surface area contributed by atoms with Crippen LogP contribution in [0, 0.1) is 0 Å². The first-order valence-corrected chi connectivity index (χ1v) is 4.05. The summed E-state index contributed by atoms with van der Waals surface area (Å²) >= 11 is 0. The molecule has 0 aromatic rings. The Balaban J connectivity index is 3.03. The van der Waals surface area contributed by atoms with Crippen LogP contribution >= 0.6 is 0 Å². The van der Waals surface area contributed by atoms with Crippen molar-refractivity contribution in [2.45, 2.75) is 27.2 Å². The number of rotatable bonds is 1. The molecule has 66 valence electrons. The number of allylic oxidation sites excluding steroid dienone is 2. The van der Waals surface area contributed by atoms with Crippen LogP contribution in [0.5, 0.6) is 0 Å². The molecule has 1 N–H and O–H groups in total. The summed E-state index contributed by atoms with van der Waals surface area (Å²) in [5.41, 5.74) is 2.94. The Morgan fingerprint density at radius 2 is 2.17 bits per heavy atom. The second-order valence-corrected chi connectivity index (χ2v) is 2.83. The monoisotopic (exact) mass is 168 g/mol. The van der Waals surface area contributed by atoms with Crippen LogP contribution in [0.25, 0.3) is 0 Å². The van der Waals surface area contributed by atoms with E-state index in [1.165, 1.54) is 0 Å². The SMILES string of the molecule is CC/C=C1\C(=NF)NC(C)=C1C. The molecule has 0 radical (unpaired) electrons. The van der Waals surface area contributed by atoms with Crippen molar-refractivity contribution in [3.05, 3.63) is 22.9 Å². The van der Waals surface area contributed by atoms with Crippen LogP contribution in [-0.4, -0.2) is 5.84 Å². The molecule has 0 atom stereocenters. The first-order chi connectivity index (χ1) is 5.70. The van der Waals surface area contributed by atoms with E-state index in [9.17, 15) is 4.48 Å².